The molecule has 0 bridgehead atoms. The second-order valence-electron chi connectivity index (χ2n) is 5.18. The van der Waals surface area contributed by atoms with E-state index in [9.17, 15) is 13.2 Å². The topological polar surface area (TPSA) is 66.8 Å². The van der Waals surface area contributed by atoms with Gasteiger partial charge in [0.2, 0.25) is 6.08 Å². The van der Waals surface area contributed by atoms with Crippen molar-refractivity contribution >= 4 is 27.5 Å². The van der Waals surface area contributed by atoms with Crippen molar-refractivity contribution in [2.75, 3.05) is 4.31 Å². The number of aliphatic imine (C=N–C) groups is 1. The van der Waals surface area contributed by atoms with Crippen molar-refractivity contribution in [2.45, 2.75) is 24.3 Å². The quantitative estimate of drug-likeness (QED) is 0.646. The lowest BCUT2D eigenvalue weighted by Gasteiger charge is -2.24. The number of hydrogen-bond acceptors (Lipinski definition) is 4. The van der Waals surface area contributed by atoms with E-state index >= 15 is 0 Å². The fraction of sp³-hybridized carbons (Fsp3) is 0.188. The molecule has 3 rings (SSSR count). The molecule has 2 aromatic carbocycles. The molecule has 0 spiro atoms. The zero-order valence-corrected chi connectivity index (χ0v) is 12.7. The van der Waals surface area contributed by atoms with Crippen molar-refractivity contribution < 1.29 is 13.2 Å². The first kappa shape index (κ1) is 14.5. The molecule has 0 amide bonds. The van der Waals surface area contributed by atoms with Crippen LogP contribution in [-0.4, -0.2) is 20.5 Å². The molecule has 1 aliphatic rings. The third kappa shape index (κ3) is 2.32. The van der Waals surface area contributed by atoms with Crippen molar-refractivity contribution in [1.29, 1.82) is 0 Å². The van der Waals surface area contributed by atoms with Crippen molar-refractivity contribution in [2.24, 2.45) is 4.99 Å². The highest BCUT2D eigenvalue weighted by atomic mass is 32.2. The van der Waals surface area contributed by atoms with Crippen molar-refractivity contribution in [3.63, 3.8) is 0 Å². The molecule has 0 saturated carbocycles. The van der Waals surface area contributed by atoms with Gasteiger partial charge < -0.3 is 0 Å². The number of isocyanates is 1. The fourth-order valence-corrected chi connectivity index (χ4v) is 4.45. The van der Waals surface area contributed by atoms with Gasteiger partial charge in [0, 0.05) is 6.04 Å². The van der Waals surface area contributed by atoms with E-state index in [0.717, 1.165) is 11.3 Å². The van der Waals surface area contributed by atoms with Crippen LogP contribution in [0, 0.1) is 0 Å². The molecule has 1 atom stereocenters. The van der Waals surface area contributed by atoms with Crippen LogP contribution in [-0.2, 0) is 21.2 Å². The highest BCUT2D eigenvalue weighted by Crippen LogP contribution is 2.36. The molecule has 1 aliphatic heterocycles. The van der Waals surface area contributed by atoms with E-state index in [-0.39, 0.29) is 10.9 Å². The van der Waals surface area contributed by atoms with E-state index in [0.29, 0.717) is 12.1 Å². The molecule has 6 heteroatoms. The number of nitrogens with zero attached hydrogens (tertiary/aromatic N) is 2. The number of para-hydroxylation sites is 1. The van der Waals surface area contributed by atoms with Gasteiger partial charge in [-0.2, -0.15) is 4.99 Å². The fourth-order valence-electron chi connectivity index (χ4n) is 2.76. The number of rotatable bonds is 3. The molecule has 0 fully saturated rings. The van der Waals surface area contributed by atoms with Crippen molar-refractivity contribution in [1.82, 2.24) is 0 Å². The monoisotopic (exact) mass is 314 g/mol. The van der Waals surface area contributed by atoms with Crippen LogP contribution in [0.4, 0.5) is 11.4 Å². The molecule has 0 aromatic heterocycles. The Balaban J connectivity index is 2.05. The Kier molecular flexibility index (Phi) is 3.56. The maximum atomic E-state index is 12.9. The molecule has 0 saturated heterocycles. The number of sulfonamides is 1. The van der Waals surface area contributed by atoms with Crippen LogP contribution >= 0.6 is 0 Å². The Labute approximate surface area is 129 Å². The van der Waals surface area contributed by atoms with Gasteiger partial charge in [0.15, 0.2) is 0 Å². The van der Waals surface area contributed by atoms with Gasteiger partial charge in [-0.15, -0.1) is 0 Å². The van der Waals surface area contributed by atoms with Gasteiger partial charge in [0.25, 0.3) is 10.0 Å². The smallest absolute Gasteiger partial charge is 0.263 e. The Bertz CT molecular complexity index is 853. The van der Waals surface area contributed by atoms with Crippen molar-refractivity contribution in [3.05, 3.63) is 54.1 Å². The molecule has 5 nitrogen and oxygen atoms in total. The lowest BCUT2D eigenvalue weighted by atomic mass is 10.1. The zero-order chi connectivity index (χ0) is 15.7. The number of fused-ring (bicyclic) bond motifs is 1. The lowest BCUT2D eigenvalue weighted by molar-refractivity contribution is 0.565. The number of anilines is 1. The summed E-state index contributed by atoms with van der Waals surface area (Å²) < 4.78 is 27.2. The third-order valence-corrected chi connectivity index (χ3v) is 5.66. The normalized spacial score (nSPS) is 17.0. The number of benzene rings is 2. The molecule has 1 unspecified atom stereocenters. The first-order valence-corrected chi connectivity index (χ1v) is 8.28. The summed E-state index contributed by atoms with van der Waals surface area (Å²) in [5.41, 5.74) is 2.13. The van der Waals surface area contributed by atoms with Crippen LogP contribution in [0.1, 0.15) is 12.5 Å². The molecule has 22 heavy (non-hydrogen) atoms. The minimum atomic E-state index is -3.64. The molecule has 0 N–H and O–H groups in total. The van der Waals surface area contributed by atoms with Crippen LogP contribution in [0.5, 0.6) is 0 Å². The maximum Gasteiger partial charge on any atom is 0.264 e. The second kappa shape index (κ2) is 5.40. The summed E-state index contributed by atoms with van der Waals surface area (Å²) in [7, 11) is -3.64. The van der Waals surface area contributed by atoms with Gasteiger partial charge in [-0.1, -0.05) is 18.2 Å². The SMILES string of the molecule is CC1Cc2ccccc2N1S(=O)(=O)c1ccc(N=C=O)cc1. The molecular formula is C16H14N2O3S. The van der Waals surface area contributed by atoms with Crippen molar-refractivity contribution in [3.8, 4) is 0 Å². The summed E-state index contributed by atoms with van der Waals surface area (Å²) in [5, 5.41) is 0. The van der Waals surface area contributed by atoms with E-state index in [2.05, 4.69) is 4.99 Å². The highest BCUT2D eigenvalue weighted by molar-refractivity contribution is 7.92. The largest absolute Gasteiger partial charge is 0.264 e. The summed E-state index contributed by atoms with van der Waals surface area (Å²) in [6.07, 6.45) is 2.13. The van der Waals surface area contributed by atoms with Crippen LogP contribution in [0.2, 0.25) is 0 Å². The van der Waals surface area contributed by atoms with E-state index in [1.807, 2.05) is 31.2 Å². The van der Waals surface area contributed by atoms with Crippen LogP contribution in [0.25, 0.3) is 0 Å². The third-order valence-electron chi connectivity index (χ3n) is 3.71. The average Bonchev–Trinajstić information content (AvgIpc) is 2.84. The molecular weight excluding hydrogens is 300 g/mol. The molecule has 0 aliphatic carbocycles. The van der Waals surface area contributed by atoms with Crippen LogP contribution in [0.15, 0.2) is 58.4 Å². The molecule has 112 valence electrons. The second-order valence-corrected chi connectivity index (χ2v) is 6.99. The predicted molar refractivity (Wildman–Crippen MR) is 83.5 cm³/mol. The average molecular weight is 314 g/mol. The van der Waals surface area contributed by atoms with Crippen LogP contribution < -0.4 is 4.31 Å². The zero-order valence-electron chi connectivity index (χ0n) is 11.9. The van der Waals surface area contributed by atoms with E-state index in [4.69, 9.17) is 0 Å². The predicted octanol–water partition coefficient (Wildman–Crippen LogP) is 2.79. The van der Waals surface area contributed by atoms with E-state index < -0.39 is 10.0 Å². The molecule has 0 radical (unpaired) electrons. The van der Waals surface area contributed by atoms with Gasteiger partial charge in [-0.05, 0) is 49.2 Å². The van der Waals surface area contributed by atoms with Gasteiger partial charge >= 0.3 is 0 Å². The maximum absolute atomic E-state index is 12.9. The Morgan fingerprint density at radius 2 is 1.82 bits per heavy atom. The summed E-state index contributed by atoms with van der Waals surface area (Å²) in [6.45, 7) is 1.89. The summed E-state index contributed by atoms with van der Waals surface area (Å²) >= 11 is 0. The standard InChI is InChI=1S/C16H14N2O3S/c1-12-10-13-4-2-3-5-16(13)18(12)22(20,21)15-8-6-14(7-9-15)17-11-19/h2-9,12H,10H2,1H3. The lowest BCUT2D eigenvalue weighted by Crippen LogP contribution is -2.35. The summed E-state index contributed by atoms with van der Waals surface area (Å²) in [5.74, 6) is 0. The summed E-state index contributed by atoms with van der Waals surface area (Å²) in [4.78, 5) is 13.9. The minimum Gasteiger partial charge on any atom is -0.263 e. The minimum absolute atomic E-state index is 0.130. The van der Waals surface area contributed by atoms with Crippen LogP contribution in [0.3, 0.4) is 0 Å². The Hall–Kier alpha value is -2.43. The molecule has 1 heterocycles. The van der Waals surface area contributed by atoms with E-state index in [1.54, 1.807) is 0 Å². The Morgan fingerprint density at radius 3 is 2.50 bits per heavy atom. The first-order chi connectivity index (χ1) is 10.5. The number of carbonyl (C=O) groups excluding carboxylic acids is 1. The first-order valence-electron chi connectivity index (χ1n) is 6.84. The van der Waals surface area contributed by atoms with Gasteiger partial charge in [0.05, 0.1) is 16.3 Å². The van der Waals surface area contributed by atoms with Gasteiger partial charge in [0.1, 0.15) is 0 Å². The number of hydrogen-bond donors (Lipinski definition) is 0. The Morgan fingerprint density at radius 1 is 1.14 bits per heavy atom. The summed E-state index contributed by atoms with van der Waals surface area (Å²) in [6, 6.07) is 13.3. The van der Waals surface area contributed by atoms with Gasteiger partial charge in [-0.3, -0.25) is 4.31 Å². The highest BCUT2D eigenvalue weighted by Gasteiger charge is 2.35. The van der Waals surface area contributed by atoms with Gasteiger partial charge in [-0.25, -0.2) is 13.2 Å². The van der Waals surface area contributed by atoms with E-state index in [1.165, 1.54) is 34.7 Å². The molecule has 2 aromatic rings.